The summed E-state index contributed by atoms with van der Waals surface area (Å²) in [6, 6.07) is 8.22. The van der Waals surface area contributed by atoms with Crippen LogP contribution >= 0.6 is 0 Å². The molecule has 2 heterocycles. The predicted octanol–water partition coefficient (Wildman–Crippen LogP) is 2.56. The Kier molecular flexibility index (Phi) is 3.54. The Hall–Kier alpha value is -2.10. The van der Waals surface area contributed by atoms with E-state index in [0.29, 0.717) is 6.42 Å². The Balaban J connectivity index is 1.68. The molecule has 0 spiro atoms. The SMILES string of the molecule is Cc1nccn1CCCN1C(=O)CCc2ccccc21. The molecule has 1 aromatic carbocycles. The number of carbonyl (C=O) groups is 1. The van der Waals surface area contributed by atoms with Gasteiger partial charge >= 0.3 is 0 Å². The van der Waals surface area contributed by atoms with E-state index in [1.807, 2.05) is 36.4 Å². The molecule has 4 nitrogen and oxygen atoms in total. The summed E-state index contributed by atoms with van der Waals surface area (Å²) < 4.78 is 2.13. The van der Waals surface area contributed by atoms with Crippen molar-refractivity contribution in [3.63, 3.8) is 0 Å². The number of carbonyl (C=O) groups excluding carboxylic acids is 1. The van der Waals surface area contributed by atoms with Crippen molar-refractivity contribution in [1.82, 2.24) is 9.55 Å². The molecule has 1 aromatic heterocycles. The Morgan fingerprint density at radius 2 is 2.05 bits per heavy atom. The third-order valence-corrected chi connectivity index (χ3v) is 3.90. The molecule has 104 valence electrons. The molecule has 1 aliphatic heterocycles. The van der Waals surface area contributed by atoms with Gasteiger partial charge in [-0.05, 0) is 31.4 Å². The van der Waals surface area contributed by atoms with E-state index in [1.165, 1.54) is 5.56 Å². The molecule has 0 bridgehead atoms. The van der Waals surface area contributed by atoms with Crippen molar-refractivity contribution in [3.8, 4) is 0 Å². The number of aryl methyl sites for hydroxylation is 3. The number of rotatable bonds is 4. The molecule has 20 heavy (non-hydrogen) atoms. The van der Waals surface area contributed by atoms with Crippen LogP contribution in [0.3, 0.4) is 0 Å². The molecule has 0 saturated heterocycles. The lowest BCUT2D eigenvalue weighted by molar-refractivity contribution is -0.118. The van der Waals surface area contributed by atoms with Gasteiger partial charge in [-0.3, -0.25) is 4.79 Å². The topological polar surface area (TPSA) is 38.1 Å². The molecule has 1 amide bonds. The smallest absolute Gasteiger partial charge is 0.227 e. The van der Waals surface area contributed by atoms with Gasteiger partial charge in [0, 0.05) is 37.6 Å². The zero-order valence-corrected chi connectivity index (χ0v) is 11.7. The number of para-hydroxylation sites is 1. The fourth-order valence-corrected chi connectivity index (χ4v) is 2.78. The van der Waals surface area contributed by atoms with Gasteiger partial charge in [-0.1, -0.05) is 18.2 Å². The van der Waals surface area contributed by atoms with E-state index in [9.17, 15) is 4.79 Å². The Bertz CT molecular complexity index is 618. The van der Waals surface area contributed by atoms with Crippen LogP contribution in [0.5, 0.6) is 0 Å². The lowest BCUT2D eigenvalue weighted by Gasteiger charge is -2.29. The molecular weight excluding hydrogens is 250 g/mol. The Morgan fingerprint density at radius 3 is 2.85 bits per heavy atom. The summed E-state index contributed by atoms with van der Waals surface area (Å²) in [4.78, 5) is 18.3. The molecule has 0 aliphatic carbocycles. The number of nitrogens with zero attached hydrogens (tertiary/aromatic N) is 3. The van der Waals surface area contributed by atoms with Gasteiger partial charge in [0.05, 0.1) is 0 Å². The lowest BCUT2D eigenvalue weighted by atomic mass is 10.0. The van der Waals surface area contributed by atoms with Crippen molar-refractivity contribution in [3.05, 3.63) is 48.0 Å². The molecule has 0 atom stereocenters. The Morgan fingerprint density at radius 1 is 1.20 bits per heavy atom. The first-order valence-electron chi connectivity index (χ1n) is 7.12. The number of aromatic nitrogens is 2. The number of hydrogen-bond acceptors (Lipinski definition) is 2. The molecule has 3 rings (SSSR count). The average Bonchev–Trinajstić information content (AvgIpc) is 2.87. The Labute approximate surface area is 119 Å². The number of anilines is 1. The molecule has 0 unspecified atom stereocenters. The standard InChI is InChI=1S/C16H19N3O/c1-13-17-9-12-18(13)10-4-11-19-15-6-3-2-5-14(15)7-8-16(19)20/h2-3,5-6,9,12H,4,7-8,10-11H2,1H3. The second kappa shape index (κ2) is 5.49. The molecule has 0 fully saturated rings. The average molecular weight is 269 g/mol. The number of hydrogen-bond donors (Lipinski definition) is 0. The number of benzene rings is 1. The third-order valence-electron chi connectivity index (χ3n) is 3.90. The van der Waals surface area contributed by atoms with Crippen molar-refractivity contribution >= 4 is 11.6 Å². The van der Waals surface area contributed by atoms with Crippen molar-refractivity contribution in [2.75, 3.05) is 11.4 Å². The summed E-state index contributed by atoms with van der Waals surface area (Å²) in [7, 11) is 0. The van der Waals surface area contributed by atoms with E-state index in [1.54, 1.807) is 0 Å². The normalized spacial score (nSPS) is 14.4. The fourth-order valence-electron chi connectivity index (χ4n) is 2.78. The highest BCUT2D eigenvalue weighted by Crippen LogP contribution is 2.27. The maximum absolute atomic E-state index is 12.1. The van der Waals surface area contributed by atoms with E-state index in [0.717, 1.165) is 37.4 Å². The van der Waals surface area contributed by atoms with Crippen LogP contribution in [0.1, 0.15) is 24.2 Å². The molecular formula is C16H19N3O. The highest BCUT2D eigenvalue weighted by Gasteiger charge is 2.22. The van der Waals surface area contributed by atoms with Crippen LogP contribution in [0.2, 0.25) is 0 Å². The largest absolute Gasteiger partial charge is 0.335 e. The van der Waals surface area contributed by atoms with Gasteiger partial charge in [-0.15, -0.1) is 0 Å². The molecule has 1 aliphatic rings. The minimum Gasteiger partial charge on any atom is -0.335 e. The highest BCUT2D eigenvalue weighted by molar-refractivity contribution is 5.96. The van der Waals surface area contributed by atoms with Crippen molar-refractivity contribution in [2.24, 2.45) is 0 Å². The predicted molar refractivity (Wildman–Crippen MR) is 78.7 cm³/mol. The quantitative estimate of drug-likeness (QED) is 0.855. The lowest BCUT2D eigenvalue weighted by Crippen LogP contribution is -2.36. The zero-order valence-electron chi connectivity index (χ0n) is 11.7. The van der Waals surface area contributed by atoms with Crippen LogP contribution < -0.4 is 4.90 Å². The van der Waals surface area contributed by atoms with Crippen molar-refractivity contribution in [1.29, 1.82) is 0 Å². The van der Waals surface area contributed by atoms with Gasteiger partial charge in [-0.2, -0.15) is 0 Å². The number of imidazole rings is 1. The van der Waals surface area contributed by atoms with Crippen molar-refractivity contribution in [2.45, 2.75) is 32.7 Å². The van der Waals surface area contributed by atoms with Crippen LogP contribution in [0.4, 0.5) is 5.69 Å². The number of amides is 1. The summed E-state index contributed by atoms with van der Waals surface area (Å²) in [5, 5.41) is 0. The van der Waals surface area contributed by atoms with Crippen molar-refractivity contribution < 1.29 is 4.79 Å². The van der Waals surface area contributed by atoms with Gasteiger partial charge in [0.15, 0.2) is 0 Å². The van der Waals surface area contributed by atoms with Crippen LogP contribution in [0.15, 0.2) is 36.7 Å². The fraction of sp³-hybridized carbons (Fsp3) is 0.375. The molecule has 0 saturated carbocycles. The summed E-state index contributed by atoms with van der Waals surface area (Å²) in [6.45, 7) is 3.67. The molecule has 2 aromatic rings. The summed E-state index contributed by atoms with van der Waals surface area (Å²) in [5.74, 6) is 1.27. The van der Waals surface area contributed by atoms with E-state index in [4.69, 9.17) is 0 Å². The highest BCUT2D eigenvalue weighted by atomic mass is 16.2. The first-order chi connectivity index (χ1) is 9.75. The third kappa shape index (κ3) is 2.46. The van der Waals surface area contributed by atoms with Gasteiger partial charge in [-0.25, -0.2) is 4.98 Å². The monoisotopic (exact) mass is 269 g/mol. The van der Waals surface area contributed by atoms with Crippen LogP contribution in [0.25, 0.3) is 0 Å². The summed E-state index contributed by atoms with van der Waals surface area (Å²) in [5.41, 5.74) is 2.37. The molecule has 0 N–H and O–H groups in total. The van der Waals surface area contributed by atoms with Crippen LogP contribution in [-0.4, -0.2) is 22.0 Å². The second-order valence-electron chi connectivity index (χ2n) is 5.20. The van der Waals surface area contributed by atoms with Gasteiger partial charge in [0.25, 0.3) is 0 Å². The van der Waals surface area contributed by atoms with E-state index in [-0.39, 0.29) is 5.91 Å². The number of fused-ring (bicyclic) bond motifs is 1. The summed E-state index contributed by atoms with van der Waals surface area (Å²) >= 11 is 0. The first-order valence-corrected chi connectivity index (χ1v) is 7.12. The van der Waals surface area contributed by atoms with Crippen LogP contribution in [0, 0.1) is 6.92 Å². The van der Waals surface area contributed by atoms with E-state index in [2.05, 4.69) is 21.7 Å². The second-order valence-corrected chi connectivity index (χ2v) is 5.20. The van der Waals surface area contributed by atoms with E-state index >= 15 is 0 Å². The zero-order chi connectivity index (χ0) is 13.9. The summed E-state index contributed by atoms with van der Waals surface area (Å²) in [6.07, 6.45) is 6.24. The minimum absolute atomic E-state index is 0.242. The van der Waals surface area contributed by atoms with Gasteiger partial charge in [0.2, 0.25) is 5.91 Å². The minimum atomic E-state index is 0.242. The van der Waals surface area contributed by atoms with E-state index < -0.39 is 0 Å². The molecule has 0 radical (unpaired) electrons. The maximum Gasteiger partial charge on any atom is 0.227 e. The van der Waals surface area contributed by atoms with Gasteiger partial charge in [0.1, 0.15) is 5.82 Å². The molecule has 4 heteroatoms. The maximum atomic E-state index is 12.1. The van der Waals surface area contributed by atoms with Crippen LogP contribution in [-0.2, 0) is 17.8 Å². The first kappa shape index (κ1) is 12.9. The van der Waals surface area contributed by atoms with Gasteiger partial charge < -0.3 is 9.47 Å².